The molecule has 0 spiro atoms. The van der Waals surface area contributed by atoms with E-state index in [-0.39, 0.29) is 5.97 Å². The summed E-state index contributed by atoms with van der Waals surface area (Å²) >= 11 is 0. The van der Waals surface area contributed by atoms with Gasteiger partial charge in [0.2, 0.25) is 0 Å². The molecule has 0 saturated heterocycles. The van der Waals surface area contributed by atoms with E-state index in [1.807, 2.05) is 19.2 Å². The van der Waals surface area contributed by atoms with Crippen LogP contribution < -0.4 is 5.32 Å². The quantitative estimate of drug-likeness (QED) is 0.589. The minimum atomic E-state index is -0.281. The molecule has 1 rings (SSSR count). The van der Waals surface area contributed by atoms with E-state index < -0.39 is 0 Å². The molecule has 1 aromatic rings. The molecule has 0 aliphatic carbocycles. The monoisotopic (exact) mass is 207 g/mol. The average Bonchev–Trinajstić information content (AvgIpc) is 2.29. The van der Waals surface area contributed by atoms with Gasteiger partial charge in [-0.3, -0.25) is 0 Å². The standard InChI is InChI=1S/C12H17NO2/c1-13-9-3-4-10-5-7-11(8-6-10)12(14)15-2/h5-8,13H,3-4,9H2,1-2H3. The van der Waals surface area contributed by atoms with E-state index in [0.717, 1.165) is 19.4 Å². The van der Waals surface area contributed by atoms with Crippen LogP contribution in [-0.2, 0) is 11.2 Å². The van der Waals surface area contributed by atoms with Gasteiger partial charge in [-0.1, -0.05) is 12.1 Å². The summed E-state index contributed by atoms with van der Waals surface area (Å²) in [5.74, 6) is -0.281. The van der Waals surface area contributed by atoms with Gasteiger partial charge in [-0.05, 0) is 44.1 Å². The Kier molecular flexibility index (Phi) is 4.84. The number of nitrogens with one attached hydrogen (secondary N) is 1. The van der Waals surface area contributed by atoms with Gasteiger partial charge in [-0.15, -0.1) is 0 Å². The molecule has 15 heavy (non-hydrogen) atoms. The Bertz CT molecular complexity index is 306. The molecule has 0 aliphatic heterocycles. The molecule has 0 fully saturated rings. The molecule has 0 radical (unpaired) electrons. The van der Waals surface area contributed by atoms with Crippen molar-refractivity contribution in [2.24, 2.45) is 0 Å². The first-order chi connectivity index (χ1) is 7.27. The summed E-state index contributed by atoms with van der Waals surface area (Å²) < 4.78 is 4.63. The highest BCUT2D eigenvalue weighted by atomic mass is 16.5. The first-order valence-corrected chi connectivity index (χ1v) is 5.09. The van der Waals surface area contributed by atoms with Crippen molar-refractivity contribution in [1.82, 2.24) is 5.32 Å². The van der Waals surface area contributed by atoms with E-state index in [4.69, 9.17) is 0 Å². The van der Waals surface area contributed by atoms with Crippen LogP contribution in [0.1, 0.15) is 22.3 Å². The van der Waals surface area contributed by atoms with E-state index in [2.05, 4.69) is 10.1 Å². The van der Waals surface area contributed by atoms with Crippen molar-refractivity contribution in [1.29, 1.82) is 0 Å². The molecular weight excluding hydrogens is 190 g/mol. The molecule has 0 atom stereocenters. The van der Waals surface area contributed by atoms with Gasteiger partial charge in [0.1, 0.15) is 0 Å². The lowest BCUT2D eigenvalue weighted by Gasteiger charge is -2.02. The zero-order valence-electron chi connectivity index (χ0n) is 9.25. The summed E-state index contributed by atoms with van der Waals surface area (Å²) in [7, 11) is 3.34. The Morgan fingerprint density at radius 2 is 2.00 bits per heavy atom. The molecule has 3 heteroatoms. The normalized spacial score (nSPS) is 10.0. The largest absolute Gasteiger partial charge is 0.465 e. The predicted octanol–water partition coefficient (Wildman–Crippen LogP) is 1.63. The van der Waals surface area contributed by atoms with Crippen LogP contribution in [0.15, 0.2) is 24.3 Å². The second kappa shape index (κ2) is 6.19. The van der Waals surface area contributed by atoms with Gasteiger partial charge in [0, 0.05) is 0 Å². The van der Waals surface area contributed by atoms with Crippen molar-refractivity contribution in [3.05, 3.63) is 35.4 Å². The number of ether oxygens (including phenoxy) is 1. The molecule has 0 unspecified atom stereocenters. The fourth-order valence-electron chi connectivity index (χ4n) is 1.39. The Morgan fingerprint density at radius 1 is 1.33 bits per heavy atom. The zero-order chi connectivity index (χ0) is 11.1. The van der Waals surface area contributed by atoms with Gasteiger partial charge in [-0.2, -0.15) is 0 Å². The minimum absolute atomic E-state index is 0.281. The Morgan fingerprint density at radius 3 is 2.53 bits per heavy atom. The number of hydrogen-bond donors (Lipinski definition) is 1. The molecule has 0 bridgehead atoms. The van der Waals surface area contributed by atoms with Crippen molar-refractivity contribution in [3.8, 4) is 0 Å². The molecule has 0 aromatic heterocycles. The third-order valence-corrected chi connectivity index (χ3v) is 2.27. The Labute approximate surface area is 90.4 Å². The molecule has 1 aromatic carbocycles. The molecule has 0 heterocycles. The van der Waals surface area contributed by atoms with E-state index in [1.54, 1.807) is 12.1 Å². The second-order valence-corrected chi connectivity index (χ2v) is 3.40. The SMILES string of the molecule is CNCCCc1ccc(C(=O)OC)cc1. The molecule has 0 amide bonds. The van der Waals surface area contributed by atoms with Crippen molar-refractivity contribution >= 4 is 5.97 Å². The maximum Gasteiger partial charge on any atom is 0.337 e. The van der Waals surface area contributed by atoms with Crippen molar-refractivity contribution in [2.45, 2.75) is 12.8 Å². The third kappa shape index (κ3) is 3.72. The summed E-state index contributed by atoms with van der Waals surface area (Å²) in [6, 6.07) is 7.56. The molecular formula is C12H17NO2. The molecule has 1 N–H and O–H groups in total. The maximum absolute atomic E-state index is 11.2. The maximum atomic E-state index is 11.2. The number of carbonyl (C=O) groups excluding carboxylic acids is 1. The van der Waals surface area contributed by atoms with Gasteiger partial charge in [0.25, 0.3) is 0 Å². The van der Waals surface area contributed by atoms with E-state index in [0.29, 0.717) is 5.56 Å². The molecule has 0 aliphatic rings. The van der Waals surface area contributed by atoms with Crippen LogP contribution in [0, 0.1) is 0 Å². The molecule has 3 nitrogen and oxygen atoms in total. The fraction of sp³-hybridized carbons (Fsp3) is 0.417. The van der Waals surface area contributed by atoms with Crippen LogP contribution in [-0.4, -0.2) is 26.7 Å². The van der Waals surface area contributed by atoms with Gasteiger partial charge in [0.05, 0.1) is 12.7 Å². The number of methoxy groups -OCH3 is 1. The summed E-state index contributed by atoms with van der Waals surface area (Å²) in [4.78, 5) is 11.2. The highest BCUT2D eigenvalue weighted by molar-refractivity contribution is 5.89. The third-order valence-electron chi connectivity index (χ3n) is 2.27. The lowest BCUT2D eigenvalue weighted by Crippen LogP contribution is -2.08. The lowest BCUT2D eigenvalue weighted by atomic mass is 10.1. The van der Waals surface area contributed by atoms with E-state index >= 15 is 0 Å². The number of aryl methyl sites for hydroxylation is 1. The summed E-state index contributed by atoms with van der Waals surface area (Å²) in [5, 5.41) is 3.10. The number of carbonyl (C=O) groups is 1. The number of hydrogen-bond acceptors (Lipinski definition) is 3. The Balaban J connectivity index is 2.52. The lowest BCUT2D eigenvalue weighted by molar-refractivity contribution is 0.0600. The van der Waals surface area contributed by atoms with Gasteiger partial charge in [0.15, 0.2) is 0 Å². The topological polar surface area (TPSA) is 38.3 Å². The first kappa shape index (κ1) is 11.7. The fourth-order valence-corrected chi connectivity index (χ4v) is 1.39. The summed E-state index contributed by atoms with van der Waals surface area (Å²) in [6.45, 7) is 1.01. The van der Waals surface area contributed by atoms with Crippen LogP contribution in [0.5, 0.6) is 0 Å². The van der Waals surface area contributed by atoms with Crippen molar-refractivity contribution < 1.29 is 9.53 Å². The van der Waals surface area contributed by atoms with Crippen LogP contribution in [0.3, 0.4) is 0 Å². The highest BCUT2D eigenvalue weighted by Crippen LogP contribution is 2.07. The zero-order valence-corrected chi connectivity index (χ0v) is 9.25. The van der Waals surface area contributed by atoms with Gasteiger partial charge >= 0.3 is 5.97 Å². The van der Waals surface area contributed by atoms with Crippen LogP contribution in [0.25, 0.3) is 0 Å². The van der Waals surface area contributed by atoms with E-state index in [9.17, 15) is 4.79 Å². The van der Waals surface area contributed by atoms with Gasteiger partial charge < -0.3 is 10.1 Å². The number of esters is 1. The van der Waals surface area contributed by atoms with Crippen molar-refractivity contribution in [3.63, 3.8) is 0 Å². The average molecular weight is 207 g/mol. The summed E-state index contributed by atoms with van der Waals surface area (Å²) in [6.07, 6.45) is 2.14. The number of benzene rings is 1. The van der Waals surface area contributed by atoms with Crippen molar-refractivity contribution in [2.75, 3.05) is 20.7 Å². The van der Waals surface area contributed by atoms with Crippen LogP contribution >= 0.6 is 0 Å². The highest BCUT2D eigenvalue weighted by Gasteiger charge is 2.03. The predicted molar refractivity (Wildman–Crippen MR) is 60.0 cm³/mol. The smallest absolute Gasteiger partial charge is 0.337 e. The molecule has 0 saturated carbocycles. The van der Waals surface area contributed by atoms with Gasteiger partial charge in [-0.25, -0.2) is 4.79 Å². The first-order valence-electron chi connectivity index (χ1n) is 5.09. The Hall–Kier alpha value is -1.35. The van der Waals surface area contributed by atoms with Crippen LogP contribution in [0.4, 0.5) is 0 Å². The summed E-state index contributed by atoms with van der Waals surface area (Å²) in [5.41, 5.74) is 1.85. The minimum Gasteiger partial charge on any atom is -0.465 e. The molecule has 82 valence electrons. The van der Waals surface area contributed by atoms with Crippen LogP contribution in [0.2, 0.25) is 0 Å². The van der Waals surface area contributed by atoms with E-state index in [1.165, 1.54) is 12.7 Å². The second-order valence-electron chi connectivity index (χ2n) is 3.40. The number of rotatable bonds is 5.